The van der Waals surface area contributed by atoms with Gasteiger partial charge in [-0.1, -0.05) is 40.2 Å². The number of nitrogens with one attached hydrogen (secondary N) is 2. The first-order valence-corrected chi connectivity index (χ1v) is 7.35. The minimum absolute atomic E-state index is 0. The lowest BCUT2D eigenvalue weighted by atomic mass is 10.2. The summed E-state index contributed by atoms with van der Waals surface area (Å²) in [6, 6.07) is 16.0. The Morgan fingerprint density at radius 2 is 1.91 bits per heavy atom. The molecule has 2 aliphatic heterocycles. The third-order valence-corrected chi connectivity index (χ3v) is 3.85. The van der Waals surface area contributed by atoms with Crippen LogP contribution in [0, 0.1) is 0 Å². The van der Waals surface area contributed by atoms with Crippen LogP contribution in [0.5, 0.6) is 0 Å². The van der Waals surface area contributed by atoms with Gasteiger partial charge in [-0.15, -0.1) is 12.4 Å². The van der Waals surface area contributed by atoms with Gasteiger partial charge in [0.2, 0.25) is 0 Å². The number of aromatic amines is 1. The fraction of sp³-hybridized carbons (Fsp3) is 0. The topological polar surface area (TPSA) is 53.6 Å². The maximum Gasteiger partial charge on any atom is 0.160 e. The van der Waals surface area contributed by atoms with E-state index in [0.717, 1.165) is 38.3 Å². The molecule has 0 spiro atoms. The molecule has 4 rings (SSSR count). The summed E-state index contributed by atoms with van der Waals surface area (Å²) < 4.78 is 1.02. The van der Waals surface area contributed by atoms with Crippen LogP contribution >= 0.6 is 28.3 Å². The minimum Gasteiger partial charge on any atom is -0.344 e. The number of benzene rings is 2. The van der Waals surface area contributed by atoms with Gasteiger partial charge in [0.05, 0.1) is 17.5 Å². The molecule has 0 saturated carbocycles. The standard InChI is InChI=1S/C16H11BrN4.ClH/c17-10-4-3-5-11(8-10)20-16-15-14(18-9-19-16)12-6-1-2-7-13(12)21-15;/h1-9,20H,(H,18,19);1H. The van der Waals surface area contributed by atoms with Crippen molar-refractivity contribution < 1.29 is 0 Å². The predicted molar refractivity (Wildman–Crippen MR) is 95.2 cm³/mol. The van der Waals surface area contributed by atoms with Crippen LogP contribution in [0.15, 0.2) is 59.3 Å². The van der Waals surface area contributed by atoms with Gasteiger partial charge < -0.3 is 10.3 Å². The fourth-order valence-electron chi connectivity index (χ4n) is 2.42. The molecule has 0 bridgehead atoms. The van der Waals surface area contributed by atoms with Crippen molar-refractivity contribution in [3.05, 3.63) is 59.3 Å². The summed E-state index contributed by atoms with van der Waals surface area (Å²) in [5.41, 5.74) is 3.78. The van der Waals surface area contributed by atoms with Gasteiger partial charge in [-0.25, -0.2) is 9.97 Å². The van der Waals surface area contributed by atoms with Crippen molar-refractivity contribution in [2.75, 3.05) is 5.32 Å². The number of halogens is 2. The van der Waals surface area contributed by atoms with Crippen LogP contribution in [-0.4, -0.2) is 15.0 Å². The Morgan fingerprint density at radius 1 is 1.05 bits per heavy atom. The summed E-state index contributed by atoms with van der Waals surface area (Å²) in [4.78, 5) is 12.2. The summed E-state index contributed by atoms with van der Waals surface area (Å²) >= 11 is 3.47. The smallest absolute Gasteiger partial charge is 0.160 e. The van der Waals surface area contributed by atoms with Crippen LogP contribution in [0.3, 0.4) is 0 Å². The van der Waals surface area contributed by atoms with E-state index in [1.807, 2.05) is 42.5 Å². The molecule has 0 unspecified atom stereocenters. The van der Waals surface area contributed by atoms with E-state index in [1.54, 1.807) is 6.33 Å². The van der Waals surface area contributed by atoms with E-state index in [2.05, 4.69) is 42.3 Å². The molecule has 110 valence electrons. The SMILES string of the molecule is Brc1cccc(Nc2nc[nH]c3c4ccccc4nc2-3)c1.Cl. The molecule has 22 heavy (non-hydrogen) atoms. The number of anilines is 2. The normalized spacial score (nSPS) is 10.6. The maximum atomic E-state index is 4.67. The zero-order chi connectivity index (χ0) is 14.2. The average Bonchev–Trinajstić information content (AvgIpc) is 2.87. The first-order chi connectivity index (χ1) is 10.3. The number of nitrogens with zero attached hydrogens (tertiary/aromatic N) is 2. The van der Waals surface area contributed by atoms with Crippen molar-refractivity contribution in [3.8, 4) is 11.4 Å². The van der Waals surface area contributed by atoms with Gasteiger partial charge in [0.1, 0.15) is 5.69 Å². The molecule has 0 fully saturated rings. The van der Waals surface area contributed by atoms with Crippen LogP contribution in [0.4, 0.5) is 11.5 Å². The Kier molecular flexibility index (Phi) is 4.00. The lowest BCUT2D eigenvalue weighted by Crippen LogP contribution is -1.98. The number of hydrogen-bond acceptors (Lipinski definition) is 3. The molecule has 2 N–H and O–H groups in total. The third kappa shape index (κ3) is 2.53. The molecule has 0 saturated heterocycles. The highest BCUT2D eigenvalue weighted by Gasteiger charge is 2.16. The van der Waals surface area contributed by atoms with Gasteiger partial charge in [-0.05, 0) is 24.3 Å². The predicted octanol–water partition coefficient (Wildman–Crippen LogP) is 4.99. The van der Waals surface area contributed by atoms with E-state index in [0.29, 0.717) is 0 Å². The Morgan fingerprint density at radius 3 is 2.77 bits per heavy atom. The summed E-state index contributed by atoms with van der Waals surface area (Å²) in [5.74, 6) is 0.748. The molecular weight excluding hydrogens is 364 g/mol. The largest absolute Gasteiger partial charge is 0.344 e. The first-order valence-electron chi connectivity index (χ1n) is 6.56. The summed E-state index contributed by atoms with van der Waals surface area (Å²) in [5, 5.41) is 4.43. The summed E-state index contributed by atoms with van der Waals surface area (Å²) in [6.07, 6.45) is 1.69. The van der Waals surface area contributed by atoms with Crippen molar-refractivity contribution in [1.82, 2.24) is 15.0 Å². The van der Waals surface area contributed by atoms with Crippen LogP contribution in [0.2, 0.25) is 0 Å². The zero-order valence-corrected chi connectivity index (χ0v) is 13.8. The minimum atomic E-state index is 0. The number of hydrogen-bond donors (Lipinski definition) is 2. The maximum absolute atomic E-state index is 4.67. The number of fused-ring (bicyclic) bond motifs is 3. The van der Waals surface area contributed by atoms with E-state index >= 15 is 0 Å². The highest BCUT2D eigenvalue weighted by Crippen LogP contribution is 2.34. The lowest BCUT2D eigenvalue weighted by Gasteiger charge is -2.09. The second kappa shape index (κ2) is 5.94. The van der Waals surface area contributed by atoms with Gasteiger partial charge in [-0.2, -0.15) is 0 Å². The lowest BCUT2D eigenvalue weighted by molar-refractivity contribution is 1.16. The molecule has 2 aromatic rings. The van der Waals surface area contributed by atoms with Crippen LogP contribution in [0.25, 0.3) is 22.3 Å². The highest BCUT2D eigenvalue weighted by atomic mass is 79.9. The molecule has 4 nitrogen and oxygen atoms in total. The molecule has 2 heterocycles. The van der Waals surface area contributed by atoms with Crippen LogP contribution in [0.1, 0.15) is 0 Å². The third-order valence-electron chi connectivity index (χ3n) is 3.36. The van der Waals surface area contributed by atoms with Crippen molar-refractivity contribution in [3.63, 3.8) is 0 Å². The van der Waals surface area contributed by atoms with Crippen molar-refractivity contribution >= 4 is 50.7 Å². The van der Waals surface area contributed by atoms with Crippen LogP contribution in [-0.2, 0) is 0 Å². The Balaban J connectivity index is 0.00000144. The second-order valence-electron chi connectivity index (χ2n) is 4.74. The average molecular weight is 376 g/mol. The van der Waals surface area contributed by atoms with Gasteiger partial charge in [0.15, 0.2) is 5.82 Å². The summed E-state index contributed by atoms with van der Waals surface area (Å²) in [6.45, 7) is 0. The Bertz CT molecular complexity index is 906. The molecule has 0 radical (unpaired) electrons. The zero-order valence-electron chi connectivity index (χ0n) is 11.4. The number of aromatic nitrogens is 3. The Labute approximate surface area is 141 Å². The van der Waals surface area contributed by atoms with Gasteiger partial charge in [0.25, 0.3) is 0 Å². The summed E-state index contributed by atoms with van der Waals surface area (Å²) in [7, 11) is 0. The van der Waals surface area contributed by atoms with E-state index in [9.17, 15) is 0 Å². The first kappa shape index (κ1) is 14.8. The van der Waals surface area contributed by atoms with Crippen molar-refractivity contribution in [2.45, 2.75) is 0 Å². The number of rotatable bonds is 2. The molecule has 0 atom stereocenters. The van der Waals surface area contributed by atoms with Gasteiger partial charge >= 0.3 is 0 Å². The van der Waals surface area contributed by atoms with Crippen LogP contribution < -0.4 is 5.32 Å². The molecule has 2 aliphatic rings. The van der Waals surface area contributed by atoms with E-state index in [-0.39, 0.29) is 12.4 Å². The molecule has 0 aliphatic carbocycles. The molecule has 0 amide bonds. The van der Waals surface area contributed by atoms with E-state index < -0.39 is 0 Å². The van der Waals surface area contributed by atoms with E-state index in [1.165, 1.54) is 0 Å². The second-order valence-corrected chi connectivity index (χ2v) is 5.65. The molecule has 2 aromatic carbocycles. The molecule has 0 aromatic heterocycles. The van der Waals surface area contributed by atoms with Gasteiger partial charge in [-0.3, -0.25) is 0 Å². The molecular formula is C16H12BrClN4. The van der Waals surface area contributed by atoms with Gasteiger partial charge in [0, 0.05) is 15.5 Å². The Hall–Kier alpha value is -2.11. The van der Waals surface area contributed by atoms with Crippen molar-refractivity contribution in [2.24, 2.45) is 0 Å². The molecule has 6 heteroatoms. The van der Waals surface area contributed by atoms with Crippen molar-refractivity contribution in [1.29, 1.82) is 0 Å². The highest BCUT2D eigenvalue weighted by molar-refractivity contribution is 9.10. The quantitative estimate of drug-likeness (QED) is 0.519. The fourth-order valence-corrected chi connectivity index (χ4v) is 2.82. The number of para-hydroxylation sites is 1. The number of H-pyrrole nitrogens is 1. The monoisotopic (exact) mass is 374 g/mol. The van der Waals surface area contributed by atoms with E-state index in [4.69, 9.17) is 0 Å².